The molecular formula is C23H26N4O2S. The molecule has 3 aromatic rings. The standard InChI is InChI=1S/C23H26N4O2S/c1-16-5-9-20(10-6-16)30-22-12-11-21(25-26-22)27-13-3-4-18(15-27)23(28)24-14-19-8-7-17(2)29-19/h5-12,18H,3-4,13-15H2,1-2H3,(H,24,28). The van der Waals surface area contributed by atoms with E-state index < -0.39 is 0 Å². The summed E-state index contributed by atoms with van der Waals surface area (Å²) in [6.07, 6.45) is 1.84. The van der Waals surface area contributed by atoms with Gasteiger partial charge in [0, 0.05) is 18.0 Å². The van der Waals surface area contributed by atoms with Gasteiger partial charge in [0.15, 0.2) is 5.82 Å². The Hall–Kier alpha value is -2.80. The number of nitrogens with one attached hydrogen (secondary N) is 1. The fourth-order valence-corrected chi connectivity index (χ4v) is 4.29. The predicted octanol–water partition coefficient (Wildman–Crippen LogP) is 4.37. The molecule has 6 nitrogen and oxygen atoms in total. The molecule has 0 saturated carbocycles. The summed E-state index contributed by atoms with van der Waals surface area (Å²) in [5.74, 6) is 2.46. The van der Waals surface area contributed by atoms with E-state index in [1.54, 1.807) is 11.8 Å². The van der Waals surface area contributed by atoms with Gasteiger partial charge < -0.3 is 14.6 Å². The number of hydrogen-bond donors (Lipinski definition) is 1. The predicted molar refractivity (Wildman–Crippen MR) is 118 cm³/mol. The van der Waals surface area contributed by atoms with E-state index >= 15 is 0 Å². The molecule has 2 aromatic heterocycles. The molecule has 1 atom stereocenters. The number of aromatic nitrogens is 2. The van der Waals surface area contributed by atoms with E-state index in [1.165, 1.54) is 5.56 Å². The average Bonchev–Trinajstić information content (AvgIpc) is 3.19. The average molecular weight is 423 g/mol. The first-order valence-corrected chi connectivity index (χ1v) is 11.0. The Labute approximate surface area is 181 Å². The summed E-state index contributed by atoms with van der Waals surface area (Å²) >= 11 is 1.60. The van der Waals surface area contributed by atoms with Crippen molar-refractivity contribution in [1.29, 1.82) is 0 Å². The van der Waals surface area contributed by atoms with E-state index in [4.69, 9.17) is 4.42 Å². The van der Waals surface area contributed by atoms with Gasteiger partial charge in [-0.3, -0.25) is 4.79 Å². The van der Waals surface area contributed by atoms with E-state index in [0.717, 1.165) is 46.6 Å². The van der Waals surface area contributed by atoms with Crippen LogP contribution in [0.1, 0.15) is 29.9 Å². The highest BCUT2D eigenvalue weighted by molar-refractivity contribution is 7.99. The molecule has 1 unspecified atom stereocenters. The van der Waals surface area contributed by atoms with Crippen LogP contribution in [0.2, 0.25) is 0 Å². The number of benzene rings is 1. The number of aryl methyl sites for hydroxylation is 2. The van der Waals surface area contributed by atoms with Crippen LogP contribution in [0.4, 0.5) is 5.82 Å². The lowest BCUT2D eigenvalue weighted by atomic mass is 9.97. The molecule has 4 rings (SSSR count). The van der Waals surface area contributed by atoms with Crippen molar-refractivity contribution in [1.82, 2.24) is 15.5 Å². The Kier molecular flexibility index (Phi) is 6.38. The van der Waals surface area contributed by atoms with Gasteiger partial charge in [-0.25, -0.2) is 0 Å². The molecule has 1 aromatic carbocycles. The first-order valence-electron chi connectivity index (χ1n) is 10.2. The van der Waals surface area contributed by atoms with Crippen LogP contribution in [-0.4, -0.2) is 29.2 Å². The molecule has 1 N–H and O–H groups in total. The Morgan fingerprint density at radius 2 is 1.97 bits per heavy atom. The maximum absolute atomic E-state index is 12.6. The summed E-state index contributed by atoms with van der Waals surface area (Å²) < 4.78 is 5.53. The molecular weight excluding hydrogens is 396 g/mol. The fraction of sp³-hybridized carbons (Fsp3) is 0.348. The van der Waals surface area contributed by atoms with Crippen molar-refractivity contribution in [3.8, 4) is 0 Å². The van der Waals surface area contributed by atoms with Crippen molar-refractivity contribution in [2.75, 3.05) is 18.0 Å². The van der Waals surface area contributed by atoms with Gasteiger partial charge in [0.25, 0.3) is 0 Å². The minimum atomic E-state index is -0.0572. The number of nitrogens with zero attached hydrogens (tertiary/aromatic N) is 3. The van der Waals surface area contributed by atoms with Crippen molar-refractivity contribution in [2.24, 2.45) is 5.92 Å². The topological polar surface area (TPSA) is 71.3 Å². The van der Waals surface area contributed by atoms with Crippen LogP contribution in [0.25, 0.3) is 0 Å². The molecule has 0 aliphatic carbocycles. The van der Waals surface area contributed by atoms with E-state index in [1.807, 2.05) is 31.2 Å². The number of rotatable bonds is 6. The SMILES string of the molecule is Cc1ccc(Sc2ccc(N3CCCC(C(=O)NCc4ccc(C)o4)C3)nn2)cc1. The van der Waals surface area contributed by atoms with Gasteiger partial charge in [-0.15, -0.1) is 10.2 Å². The van der Waals surface area contributed by atoms with E-state index in [9.17, 15) is 4.79 Å². The van der Waals surface area contributed by atoms with Crippen molar-refractivity contribution in [3.63, 3.8) is 0 Å². The summed E-state index contributed by atoms with van der Waals surface area (Å²) in [4.78, 5) is 15.9. The van der Waals surface area contributed by atoms with Crippen LogP contribution in [0.5, 0.6) is 0 Å². The third-order valence-electron chi connectivity index (χ3n) is 5.22. The highest BCUT2D eigenvalue weighted by Crippen LogP contribution is 2.27. The van der Waals surface area contributed by atoms with Gasteiger partial charge in [0.05, 0.1) is 12.5 Å². The summed E-state index contributed by atoms with van der Waals surface area (Å²) in [6.45, 7) is 5.94. The number of carbonyl (C=O) groups excluding carboxylic acids is 1. The van der Waals surface area contributed by atoms with E-state index in [-0.39, 0.29) is 11.8 Å². The first-order chi connectivity index (χ1) is 14.6. The van der Waals surface area contributed by atoms with Crippen LogP contribution in [-0.2, 0) is 11.3 Å². The molecule has 156 valence electrons. The first kappa shape index (κ1) is 20.5. The van der Waals surface area contributed by atoms with Crippen LogP contribution in [0, 0.1) is 19.8 Å². The lowest BCUT2D eigenvalue weighted by Crippen LogP contribution is -2.43. The normalized spacial score (nSPS) is 16.5. The van der Waals surface area contributed by atoms with Gasteiger partial charge in [-0.1, -0.05) is 29.5 Å². The largest absolute Gasteiger partial charge is 0.465 e. The van der Waals surface area contributed by atoms with Crippen LogP contribution in [0.3, 0.4) is 0 Å². The van der Waals surface area contributed by atoms with Crippen LogP contribution in [0.15, 0.2) is 62.9 Å². The van der Waals surface area contributed by atoms with Gasteiger partial charge in [-0.05, 0) is 63.1 Å². The Morgan fingerprint density at radius 1 is 1.13 bits per heavy atom. The number of carbonyl (C=O) groups is 1. The second-order valence-corrected chi connectivity index (χ2v) is 8.75. The lowest BCUT2D eigenvalue weighted by molar-refractivity contribution is -0.125. The molecule has 1 amide bonds. The van der Waals surface area contributed by atoms with Gasteiger partial charge in [0.1, 0.15) is 16.5 Å². The third-order valence-corrected chi connectivity index (χ3v) is 6.15. The van der Waals surface area contributed by atoms with Crippen molar-refractivity contribution < 1.29 is 9.21 Å². The highest BCUT2D eigenvalue weighted by atomic mass is 32.2. The molecule has 30 heavy (non-hydrogen) atoms. The second kappa shape index (κ2) is 9.34. The molecule has 7 heteroatoms. The summed E-state index contributed by atoms with van der Waals surface area (Å²) in [7, 11) is 0. The maximum atomic E-state index is 12.6. The Balaban J connectivity index is 1.33. The van der Waals surface area contributed by atoms with Gasteiger partial charge in [-0.2, -0.15) is 0 Å². The zero-order chi connectivity index (χ0) is 20.9. The number of furan rings is 1. The molecule has 0 bridgehead atoms. The number of hydrogen-bond acceptors (Lipinski definition) is 6. The van der Waals surface area contributed by atoms with Crippen LogP contribution >= 0.6 is 11.8 Å². The quantitative estimate of drug-likeness (QED) is 0.636. The zero-order valence-corrected chi connectivity index (χ0v) is 18.1. The second-order valence-electron chi connectivity index (χ2n) is 7.66. The zero-order valence-electron chi connectivity index (χ0n) is 17.3. The fourth-order valence-electron chi connectivity index (χ4n) is 3.56. The molecule has 0 radical (unpaired) electrons. The Morgan fingerprint density at radius 3 is 2.67 bits per heavy atom. The van der Waals surface area contributed by atoms with E-state index in [0.29, 0.717) is 13.1 Å². The lowest BCUT2D eigenvalue weighted by Gasteiger charge is -2.32. The minimum absolute atomic E-state index is 0.0572. The van der Waals surface area contributed by atoms with Crippen LogP contribution < -0.4 is 10.2 Å². The highest BCUT2D eigenvalue weighted by Gasteiger charge is 2.26. The number of anilines is 1. The van der Waals surface area contributed by atoms with Gasteiger partial charge >= 0.3 is 0 Å². The summed E-state index contributed by atoms with van der Waals surface area (Å²) in [5.41, 5.74) is 1.24. The molecule has 1 aliphatic rings. The molecule has 1 fully saturated rings. The Bertz CT molecular complexity index is 985. The van der Waals surface area contributed by atoms with E-state index in [2.05, 4.69) is 51.6 Å². The third kappa shape index (κ3) is 5.21. The molecule has 1 aliphatic heterocycles. The number of piperidine rings is 1. The molecule has 1 saturated heterocycles. The van der Waals surface area contributed by atoms with Crippen molar-refractivity contribution in [2.45, 2.75) is 43.2 Å². The summed E-state index contributed by atoms with van der Waals surface area (Å²) in [6, 6.07) is 16.2. The monoisotopic (exact) mass is 422 g/mol. The molecule has 0 spiro atoms. The molecule has 3 heterocycles. The smallest absolute Gasteiger partial charge is 0.225 e. The summed E-state index contributed by atoms with van der Waals surface area (Å²) in [5, 5.41) is 12.7. The van der Waals surface area contributed by atoms with Gasteiger partial charge in [0.2, 0.25) is 5.91 Å². The minimum Gasteiger partial charge on any atom is -0.465 e. The van der Waals surface area contributed by atoms with Crippen molar-refractivity contribution in [3.05, 3.63) is 65.6 Å². The maximum Gasteiger partial charge on any atom is 0.225 e. The van der Waals surface area contributed by atoms with Crippen molar-refractivity contribution >= 4 is 23.5 Å². The number of amides is 1.